The largest absolute Gasteiger partial charge is 0.465 e. The lowest BCUT2D eigenvalue weighted by Gasteiger charge is -2.22. The highest BCUT2D eigenvalue weighted by Gasteiger charge is 2.24. The molecular formula is C14H16O3. The smallest absolute Gasteiger partial charge is 0.338 e. The Labute approximate surface area is 101 Å². The molecule has 1 aliphatic carbocycles. The first-order chi connectivity index (χ1) is 8.22. The Morgan fingerprint density at radius 1 is 1.24 bits per heavy atom. The van der Waals surface area contributed by atoms with E-state index in [0.717, 1.165) is 18.4 Å². The van der Waals surface area contributed by atoms with Gasteiger partial charge in [-0.1, -0.05) is 18.2 Å². The molecule has 0 bridgehead atoms. The van der Waals surface area contributed by atoms with Gasteiger partial charge in [0.15, 0.2) is 0 Å². The number of rotatable bonds is 2. The highest BCUT2D eigenvalue weighted by atomic mass is 16.5. The number of benzene rings is 1. The van der Waals surface area contributed by atoms with E-state index in [1.807, 2.05) is 18.2 Å². The van der Waals surface area contributed by atoms with Gasteiger partial charge in [0, 0.05) is 12.8 Å². The van der Waals surface area contributed by atoms with Crippen LogP contribution in [0.5, 0.6) is 0 Å². The summed E-state index contributed by atoms with van der Waals surface area (Å²) >= 11 is 0. The number of methoxy groups -OCH3 is 1. The first-order valence-electron chi connectivity index (χ1n) is 5.91. The van der Waals surface area contributed by atoms with Crippen LogP contribution < -0.4 is 0 Å². The average molecular weight is 232 g/mol. The summed E-state index contributed by atoms with van der Waals surface area (Å²) in [5.41, 5.74) is 1.65. The Balaban J connectivity index is 2.25. The number of carbonyl (C=O) groups excluding carboxylic acids is 2. The Bertz CT molecular complexity index is 427. The summed E-state index contributed by atoms with van der Waals surface area (Å²) in [5.74, 6) is 0.345. The molecule has 0 spiro atoms. The van der Waals surface area contributed by atoms with E-state index in [2.05, 4.69) is 0 Å². The van der Waals surface area contributed by atoms with Crippen molar-refractivity contribution in [3.63, 3.8) is 0 Å². The molecule has 1 fully saturated rings. The summed E-state index contributed by atoms with van der Waals surface area (Å²) in [6.07, 6.45) is 2.93. The molecule has 1 saturated carbocycles. The first kappa shape index (κ1) is 11.8. The van der Waals surface area contributed by atoms with Gasteiger partial charge >= 0.3 is 5.97 Å². The molecule has 0 heterocycles. The molecule has 90 valence electrons. The van der Waals surface area contributed by atoms with Crippen LogP contribution in [0.15, 0.2) is 24.3 Å². The highest BCUT2D eigenvalue weighted by Crippen LogP contribution is 2.33. The van der Waals surface area contributed by atoms with Gasteiger partial charge in [-0.3, -0.25) is 4.79 Å². The summed E-state index contributed by atoms with van der Waals surface area (Å²) in [6.45, 7) is 0. The topological polar surface area (TPSA) is 43.4 Å². The van der Waals surface area contributed by atoms with Gasteiger partial charge in [-0.2, -0.15) is 0 Å². The molecule has 0 atom stereocenters. The number of esters is 1. The predicted molar refractivity (Wildman–Crippen MR) is 64.0 cm³/mol. The third kappa shape index (κ3) is 2.54. The van der Waals surface area contributed by atoms with Crippen LogP contribution in [-0.4, -0.2) is 18.9 Å². The molecule has 1 aromatic rings. The predicted octanol–water partition coefficient (Wildman–Crippen LogP) is 2.70. The number of ketones is 1. The van der Waals surface area contributed by atoms with Crippen molar-refractivity contribution in [2.45, 2.75) is 31.6 Å². The molecule has 0 unspecified atom stereocenters. The summed E-state index contributed by atoms with van der Waals surface area (Å²) in [7, 11) is 1.39. The van der Waals surface area contributed by atoms with E-state index in [0.29, 0.717) is 30.1 Å². The van der Waals surface area contributed by atoms with Gasteiger partial charge in [-0.25, -0.2) is 4.79 Å². The maximum Gasteiger partial charge on any atom is 0.338 e. The van der Waals surface area contributed by atoms with Gasteiger partial charge < -0.3 is 4.74 Å². The molecule has 17 heavy (non-hydrogen) atoms. The van der Waals surface area contributed by atoms with Crippen LogP contribution in [0.4, 0.5) is 0 Å². The fraction of sp³-hybridized carbons (Fsp3) is 0.429. The lowest BCUT2D eigenvalue weighted by Crippen LogP contribution is -2.15. The van der Waals surface area contributed by atoms with Crippen LogP contribution in [-0.2, 0) is 9.53 Å². The molecule has 3 nitrogen and oxygen atoms in total. The Hall–Kier alpha value is -1.64. The van der Waals surface area contributed by atoms with Crippen LogP contribution in [0.3, 0.4) is 0 Å². The maximum atomic E-state index is 11.7. The lowest BCUT2D eigenvalue weighted by atomic mass is 9.81. The molecule has 2 rings (SSSR count). The molecule has 0 aromatic heterocycles. The van der Waals surface area contributed by atoms with E-state index in [1.54, 1.807) is 6.07 Å². The van der Waals surface area contributed by atoms with Gasteiger partial charge in [0.05, 0.1) is 12.7 Å². The fourth-order valence-corrected chi connectivity index (χ4v) is 2.40. The Morgan fingerprint density at radius 2 is 1.88 bits per heavy atom. The zero-order chi connectivity index (χ0) is 12.3. The van der Waals surface area contributed by atoms with Gasteiger partial charge in [-0.05, 0) is 30.4 Å². The van der Waals surface area contributed by atoms with Crippen LogP contribution in [0.25, 0.3) is 0 Å². The normalized spacial score (nSPS) is 16.9. The lowest BCUT2D eigenvalue weighted by molar-refractivity contribution is -0.120. The quantitative estimate of drug-likeness (QED) is 0.736. The second-order valence-electron chi connectivity index (χ2n) is 4.39. The Kier molecular flexibility index (Phi) is 3.57. The van der Waals surface area contributed by atoms with E-state index in [9.17, 15) is 9.59 Å². The van der Waals surface area contributed by atoms with E-state index in [-0.39, 0.29) is 5.97 Å². The number of carbonyl (C=O) groups is 2. The van der Waals surface area contributed by atoms with Crippen LogP contribution in [0, 0.1) is 0 Å². The zero-order valence-electron chi connectivity index (χ0n) is 9.94. The standard InChI is InChI=1S/C14H16O3/c1-17-14(16)13-5-3-2-4-12(13)10-6-8-11(15)9-7-10/h2-5,10H,6-9H2,1H3. The average Bonchev–Trinajstić information content (AvgIpc) is 2.39. The third-order valence-corrected chi connectivity index (χ3v) is 3.35. The van der Waals surface area contributed by atoms with Crippen LogP contribution in [0.2, 0.25) is 0 Å². The van der Waals surface area contributed by atoms with Crippen molar-refractivity contribution in [3.8, 4) is 0 Å². The van der Waals surface area contributed by atoms with Gasteiger partial charge in [-0.15, -0.1) is 0 Å². The third-order valence-electron chi connectivity index (χ3n) is 3.35. The van der Waals surface area contributed by atoms with Gasteiger partial charge in [0.25, 0.3) is 0 Å². The van der Waals surface area contributed by atoms with Gasteiger partial charge in [0.2, 0.25) is 0 Å². The highest BCUT2D eigenvalue weighted by molar-refractivity contribution is 5.91. The molecule has 0 radical (unpaired) electrons. The first-order valence-corrected chi connectivity index (χ1v) is 5.91. The minimum Gasteiger partial charge on any atom is -0.465 e. The SMILES string of the molecule is COC(=O)c1ccccc1C1CCC(=O)CC1. The number of hydrogen-bond donors (Lipinski definition) is 0. The summed E-state index contributed by atoms with van der Waals surface area (Å²) in [5, 5.41) is 0. The molecule has 0 N–H and O–H groups in total. The summed E-state index contributed by atoms with van der Waals surface area (Å²) in [4.78, 5) is 22.9. The molecular weight excluding hydrogens is 216 g/mol. The van der Waals surface area contributed by atoms with Gasteiger partial charge in [0.1, 0.15) is 5.78 Å². The van der Waals surface area contributed by atoms with E-state index in [4.69, 9.17) is 4.74 Å². The molecule has 1 aliphatic rings. The van der Waals surface area contributed by atoms with Crippen molar-refractivity contribution >= 4 is 11.8 Å². The van der Waals surface area contributed by atoms with Crippen molar-refractivity contribution < 1.29 is 14.3 Å². The van der Waals surface area contributed by atoms with E-state index in [1.165, 1.54) is 7.11 Å². The van der Waals surface area contributed by atoms with E-state index < -0.39 is 0 Å². The molecule has 1 aromatic carbocycles. The van der Waals surface area contributed by atoms with Crippen molar-refractivity contribution in [1.29, 1.82) is 0 Å². The van der Waals surface area contributed by atoms with Crippen LogP contribution in [0.1, 0.15) is 47.5 Å². The molecule has 0 aliphatic heterocycles. The molecule has 0 saturated heterocycles. The molecule has 0 amide bonds. The second kappa shape index (κ2) is 5.13. The summed E-state index contributed by atoms with van der Waals surface area (Å²) < 4.78 is 4.78. The number of hydrogen-bond acceptors (Lipinski definition) is 3. The number of Topliss-reactive ketones (excluding diaryl/α,β-unsaturated/α-hetero) is 1. The Morgan fingerprint density at radius 3 is 2.53 bits per heavy atom. The van der Waals surface area contributed by atoms with Crippen molar-refractivity contribution in [2.24, 2.45) is 0 Å². The minimum absolute atomic E-state index is 0.294. The second-order valence-corrected chi connectivity index (χ2v) is 4.39. The maximum absolute atomic E-state index is 11.7. The zero-order valence-corrected chi connectivity index (χ0v) is 9.94. The number of ether oxygens (including phenoxy) is 1. The van der Waals surface area contributed by atoms with Crippen molar-refractivity contribution in [3.05, 3.63) is 35.4 Å². The van der Waals surface area contributed by atoms with E-state index >= 15 is 0 Å². The fourth-order valence-electron chi connectivity index (χ4n) is 2.40. The minimum atomic E-state index is -0.294. The monoisotopic (exact) mass is 232 g/mol. The van der Waals surface area contributed by atoms with Crippen molar-refractivity contribution in [1.82, 2.24) is 0 Å². The summed E-state index contributed by atoms with van der Waals surface area (Å²) in [6, 6.07) is 7.52. The van der Waals surface area contributed by atoms with Crippen molar-refractivity contribution in [2.75, 3.05) is 7.11 Å². The van der Waals surface area contributed by atoms with Crippen LogP contribution >= 0.6 is 0 Å². The molecule has 3 heteroatoms.